The normalized spacial score (nSPS) is 28.1. The van der Waals surface area contributed by atoms with E-state index in [1.54, 1.807) is 6.20 Å². The van der Waals surface area contributed by atoms with Gasteiger partial charge in [0.25, 0.3) is 0 Å². The van der Waals surface area contributed by atoms with Gasteiger partial charge in [0.1, 0.15) is 0 Å². The number of nitrogens with zero attached hydrogens (tertiary/aromatic N) is 2. The van der Waals surface area contributed by atoms with Crippen LogP contribution in [0.4, 0.5) is 0 Å². The number of pyridine rings is 1. The summed E-state index contributed by atoms with van der Waals surface area (Å²) in [5, 5.41) is 0. The lowest BCUT2D eigenvalue weighted by molar-refractivity contribution is 0.309. The molecule has 0 radical (unpaired) electrons. The van der Waals surface area contributed by atoms with E-state index in [1.165, 1.54) is 5.56 Å². The Balaban J connectivity index is 1.94. The SMILES string of the molecule is CC1(N)CCN(Cc2cccnc2)C1. The highest BCUT2D eigenvalue weighted by Gasteiger charge is 2.29. The highest BCUT2D eigenvalue weighted by atomic mass is 15.2. The molecule has 0 spiro atoms. The van der Waals surface area contributed by atoms with Gasteiger partial charge in [-0.1, -0.05) is 6.07 Å². The van der Waals surface area contributed by atoms with Crippen LogP contribution in [0.2, 0.25) is 0 Å². The second kappa shape index (κ2) is 3.67. The van der Waals surface area contributed by atoms with Crippen molar-refractivity contribution in [3.8, 4) is 0 Å². The molecule has 3 heteroatoms. The van der Waals surface area contributed by atoms with Crippen LogP contribution in [0.15, 0.2) is 24.5 Å². The van der Waals surface area contributed by atoms with Gasteiger partial charge in [-0.05, 0) is 25.0 Å². The summed E-state index contributed by atoms with van der Waals surface area (Å²) in [6, 6.07) is 4.09. The lowest BCUT2D eigenvalue weighted by Crippen LogP contribution is -2.38. The summed E-state index contributed by atoms with van der Waals surface area (Å²) in [5.74, 6) is 0. The quantitative estimate of drug-likeness (QED) is 0.758. The van der Waals surface area contributed by atoms with Crippen molar-refractivity contribution < 1.29 is 0 Å². The molecule has 2 rings (SSSR count). The molecule has 0 aromatic carbocycles. The molecule has 1 aliphatic heterocycles. The van der Waals surface area contributed by atoms with Crippen molar-refractivity contribution in [2.45, 2.75) is 25.4 Å². The molecule has 0 amide bonds. The standard InChI is InChI=1S/C11H17N3/c1-11(12)4-6-14(9-11)8-10-3-2-5-13-7-10/h2-3,5,7H,4,6,8-9,12H2,1H3. The van der Waals surface area contributed by atoms with Crippen molar-refractivity contribution in [1.29, 1.82) is 0 Å². The van der Waals surface area contributed by atoms with Gasteiger partial charge in [0.05, 0.1) is 0 Å². The first-order valence-electron chi connectivity index (χ1n) is 5.06. The van der Waals surface area contributed by atoms with Gasteiger partial charge in [-0.15, -0.1) is 0 Å². The minimum atomic E-state index is 0.00219. The Morgan fingerprint density at radius 3 is 3.07 bits per heavy atom. The molecule has 1 saturated heterocycles. The summed E-state index contributed by atoms with van der Waals surface area (Å²) < 4.78 is 0. The average Bonchev–Trinajstić information content (AvgIpc) is 2.47. The number of hydrogen-bond acceptors (Lipinski definition) is 3. The topological polar surface area (TPSA) is 42.1 Å². The molecule has 14 heavy (non-hydrogen) atoms. The van der Waals surface area contributed by atoms with Crippen molar-refractivity contribution in [3.63, 3.8) is 0 Å². The average molecular weight is 191 g/mol. The Hall–Kier alpha value is -0.930. The van der Waals surface area contributed by atoms with Crippen molar-refractivity contribution >= 4 is 0 Å². The third-order valence-corrected chi connectivity index (χ3v) is 2.71. The smallest absolute Gasteiger partial charge is 0.0312 e. The van der Waals surface area contributed by atoms with Crippen molar-refractivity contribution in [2.75, 3.05) is 13.1 Å². The van der Waals surface area contributed by atoms with Crippen LogP contribution in [0.5, 0.6) is 0 Å². The summed E-state index contributed by atoms with van der Waals surface area (Å²) in [6.45, 7) is 5.18. The maximum atomic E-state index is 6.06. The van der Waals surface area contributed by atoms with Crippen LogP contribution in [-0.2, 0) is 6.54 Å². The van der Waals surface area contributed by atoms with Gasteiger partial charge in [-0.2, -0.15) is 0 Å². The molecule has 1 unspecified atom stereocenters. The van der Waals surface area contributed by atoms with Crippen molar-refractivity contribution in [1.82, 2.24) is 9.88 Å². The molecule has 1 aromatic rings. The zero-order chi connectivity index (χ0) is 10.0. The van der Waals surface area contributed by atoms with Gasteiger partial charge in [-0.25, -0.2) is 0 Å². The second-order valence-corrected chi connectivity index (χ2v) is 4.48. The van der Waals surface area contributed by atoms with Crippen molar-refractivity contribution in [2.24, 2.45) is 5.73 Å². The first kappa shape index (κ1) is 9.62. The predicted molar refractivity (Wildman–Crippen MR) is 56.7 cm³/mol. The first-order chi connectivity index (χ1) is 6.66. The number of likely N-dealkylation sites (tertiary alicyclic amines) is 1. The third kappa shape index (κ3) is 2.30. The molecule has 1 fully saturated rings. The highest BCUT2D eigenvalue weighted by molar-refractivity contribution is 5.09. The van der Waals surface area contributed by atoms with E-state index in [1.807, 2.05) is 12.3 Å². The maximum Gasteiger partial charge on any atom is 0.0312 e. The van der Waals surface area contributed by atoms with E-state index in [2.05, 4.69) is 22.9 Å². The van der Waals surface area contributed by atoms with Crippen LogP contribution in [0.25, 0.3) is 0 Å². The summed E-state index contributed by atoms with van der Waals surface area (Å²) in [7, 11) is 0. The number of hydrogen-bond donors (Lipinski definition) is 1. The maximum absolute atomic E-state index is 6.06. The molecular formula is C11H17N3. The van der Waals surface area contributed by atoms with E-state index in [0.717, 1.165) is 26.1 Å². The van der Waals surface area contributed by atoms with E-state index in [9.17, 15) is 0 Å². The molecule has 76 valence electrons. The third-order valence-electron chi connectivity index (χ3n) is 2.71. The van der Waals surface area contributed by atoms with Crippen LogP contribution in [0, 0.1) is 0 Å². The van der Waals surface area contributed by atoms with Crippen LogP contribution in [0.1, 0.15) is 18.9 Å². The zero-order valence-electron chi connectivity index (χ0n) is 8.61. The first-order valence-corrected chi connectivity index (χ1v) is 5.06. The molecule has 2 heterocycles. The number of rotatable bonds is 2. The fourth-order valence-corrected chi connectivity index (χ4v) is 1.97. The Kier molecular flexibility index (Phi) is 2.52. The van der Waals surface area contributed by atoms with Gasteiger partial charge >= 0.3 is 0 Å². The predicted octanol–water partition coefficient (Wildman–Crippen LogP) is 1.00. The van der Waals surface area contributed by atoms with Crippen LogP contribution in [-0.4, -0.2) is 28.5 Å². The lowest BCUT2D eigenvalue weighted by Gasteiger charge is -2.19. The summed E-state index contributed by atoms with van der Waals surface area (Å²) in [6.07, 6.45) is 4.82. The minimum Gasteiger partial charge on any atom is -0.324 e. The molecule has 0 bridgehead atoms. The number of nitrogens with two attached hydrogens (primary N) is 1. The van der Waals surface area contributed by atoms with Gasteiger partial charge < -0.3 is 5.73 Å². The summed E-state index contributed by atoms with van der Waals surface area (Å²) >= 11 is 0. The van der Waals surface area contributed by atoms with Gasteiger partial charge in [0.2, 0.25) is 0 Å². The van der Waals surface area contributed by atoms with E-state index >= 15 is 0 Å². The lowest BCUT2D eigenvalue weighted by atomic mass is 10.0. The Bertz CT molecular complexity index is 295. The molecule has 3 nitrogen and oxygen atoms in total. The van der Waals surface area contributed by atoms with Gasteiger partial charge in [-0.3, -0.25) is 9.88 Å². The van der Waals surface area contributed by atoms with Gasteiger partial charge in [0, 0.05) is 37.6 Å². The molecule has 2 N–H and O–H groups in total. The highest BCUT2D eigenvalue weighted by Crippen LogP contribution is 2.19. The summed E-state index contributed by atoms with van der Waals surface area (Å²) in [4.78, 5) is 6.49. The Morgan fingerprint density at radius 1 is 1.64 bits per heavy atom. The Morgan fingerprint density at radius 2 is 2.50 bits per heavy atom. The number of aromatic nitrogens is 1. The molecule has 0 saturated carbocycles. The zero-order valence-corrected chi connectivity index (χ0v) is 8.61. The van der Waals surface area contributed by atoms with E-state index in [4.69, 9.17) is 5.73 Å². The monoisotopic (exact) mass is 191 g/mol. The van der Waals surface area contributed by atoms with E-state index in [-0.39, 0.29) is 5.54 Å². The minimum absolute atomic E-state index is 0.00219. The van der Waals surface area contributed by atoms with Crippen LogP contribution < -0.4 is 5.73 Å². The van der Waals surface area contributed by atoms with Gasteiger partial charge in [0.15, 0.2) is 0 Å². The van der Waals surface area contributed by atoms with E-state index in [0.29, 0.717) is 0 Å². The van der Waals surface area contributed by atoms with Crippen molar-refractivity contribution in [3.05, 3.63) is 30.1 Å². The molecule has 1 aromatic heterocycles. The molecule has 1 atom stereocenters. The largest absolute Gasteiger partial charge is 0.324 e. The second-order valence-electron chi connectivity index (χ2n) is 4.48. The van der Waals surface area contributed by atoms with Crippen LogP contribution in [0.3, 0.4) is 0 Å². The van der Waals surface area contributed by atoms with E-state index < -0.39 is 0 Å². The Labute approximate surface area is 84.9 Å². The molecular weight excluding hydrogens is 174 g/mol. The van der Waals surface area contributed by atoms with Crippen LogP contribution >= 0.6 is 0 Å². The molecule has 0 aliphatic carbocycles. The fourth-order valence-electron chi connectivity index (χ4n) is 1.97. The molecule has 1 aliphatic rings. The summed E-state index contributed by atoms with van der Waals surface area (Å²) in [5.41, 5.74) is 7.34. The fraction of sp³-hybridized carbons (Fsp3) is 0.545.